The minimum absolute atomic E-state index is 0.146. The Kier molecular flexibility index (Phi) is 6.96. The lowest BCUT2D eigenvalue weighted by Crippen LogP contribution is -2.57. The molecule has 2 aromatic rings. The van der Waals surface area contributed by atoms with E-state index >= 15 is 0 Å². The van der Waals surface area contributed by atoms with E-state index in [0.29, 0.717) is 18.4 Å². The maximum atomic E-state index is 13.8. The number of rotatable bonds is 5. The Morgan fingerprint density at radius 3 is 1.68 bits per heavy atom. The third kappa shape index (κ3) is 4.68. The minimum atomic E-state index is -3.88. The maximum Gasteiger partial charge on any atom is 0.243 e. The summed E-state index contributed by atoms with van der Waals surface area (Å²) in [5.41, 5.74) is 2.61. The van der Waals surface area contributed by atoms with Crippen LogP contribution in [-0.2, 0) is 20.0 Å². The topological polar surface area (TPSA) is 74.8 Å². The zero-order chi connectivity index (χ0) is 24.5. The molecule has 2 aromatic carbocycles. The fraction of sp³-hybridized carbons (Fsp3) is 0.308. The van der Waals surface area contributed by atoms with Gasteiger partial charge < -0.3 is 0 Å². The largest absolute Gasteiger partial charge is 0.243 e. The molecule has 0 fully saturated rings. The van der Waals surface area contributed by atoms with Crippen molar-refractivity contribution in [2.75, 3.05) is 13.1 Å². The highest BCUT2D eigenvalue weighted by Gasteiger charge is 2.43. The Labute approximate surface area is 203 Å². The molecule has 0 bridgehead atoms. The van der Waals surface area contributed by atoms with Crippen LogP contribution in [0.2, 0.25) is 0 Å². The molecule has 1 aliphatic heterocycles. The summed E-state index contributed by atoms with van der Waals surface area (Å²) in [7, 11) is -7.74. The second kappa shape index (κ2) is 9.62. The van der Waals surface area contributed by atoms with Crippen LogP contribution in [0.15, 0.2) is 94.8 Å². The van der Waals surface area contributed by atoms with Crippen LogP contribution in [0.25, 0.3) is 0 Å². The molecule has 1 heterocycles. The van der Waals surface area contributed by atoms with Crippen molar-refractivity contribution in [3.05, 3.63) is 96.1 Å². The van der Waals surface area contributed by atoms with Crippen molar-refractivity contribution < 1.29 is 16.8 Å². The summed E-state index contributed by atoms with van der Waals surface area (Å²) in [6, 6.07) is 12.4. The van der Waals surface area contributed by atoms with Crippen LogP contribution in [-0.4, -0.2) is 50.6 Å². The lowest BCUT2D eigenvalue weighted by atomic mass is 9.94. The highest BCUT2D eigenvalue weighted by molar-refractivity contribution is 7.89. The smallest absolute Gasteiger partial charge is 0.207 e. The first kappa shape index (κ1) is 24.6. The first-order valence-corrected chi connectivity index (χ1v) is 14.2. The molecule has 8 heteroatoms. The van der Waals surface area contributed by atoms with E-state index in [2.05, 4.69) is 6.58 Å². The molecule has 4 rings (SSSR count). The lowest BCUT2D eigenvalue weighted by molar-refractivity contribution is 0.194. The average molecular weight is 499 g/mol. The molecular weight excluding hydrogens is 468 g/mol. The number of hydrogen-bond acceptors (Lipinski definition) is 4. The van der Waals surface area contributed by atoms with Crippen LogP contribution >= 0.6 is 0 Å². The van der Waals surface area contributed by atoms with Crippen LogP contribution in [0.3, 0.4) is 0 Å². The van der Waals surface area contributed by atoms with E-state index in [1.807, 2.05) is 26.0 Å². The van der Waals surface area contributed by atoms with E-state index in [1.54, 1.807) is 60.7 Å². The van der Waals surface area contributed by atoms with Gasteiger partial charge in [0, 0.05) is 25.2 Å². The van der Waals surface area contributed by atoms with Crippen molar-refractivity contribution in [1.82, 2.24) is 8.61 Å². The number of fused-ring (bicyclic) bond motifs is 1. The summed E-state index contributed by atoms with van der Waals surface area (Å²) in [5, 5.41) is 0. The highest BCUT2D eigenvalue weighted by atomic mass is 32.2. The van der Waals surface area contributed by atoms with Crippen LogP contribution in [0, 0.1) is 13.8 Å². The van der Waals surface area contributed by atoms with Gasteiger partial charge in [0.15, 0.2) is 0 Å². The second-order valence-corrected chi connectivity index (χ2v) is 12.6. The highest BCUT2D eigenvalue weighted by Crippen LogP contribution is 2.33. The summed E-state index contributed by atoms with van der Waals surface area (Å²) in [6.07, 6.45) is 8.12. The monoisotopic (exact) mass is 498 g/mol. The number of sulfonamides is 2. The lowest BCUT2D eigenvalue weighted by Gasteiger charge is -2.43. The summed E-state index contributed by atoms with van der Waals surface area (Å²) in [5.74, 6) is 0. The molecule has 0 aromatic heterocycles. The minimum Gasteiger partial charge on any atom is -0.207 e. The van der Waals surface area contributed by atoms with E-state index in [1.165, 1.54) is 8.61 Å². The molecule has 0 saturated heterocycles. The van der Waals surface area contributed by atoms with E-state index in [-0.39, 0.29) is 22.9 Å². The molecule has 1 aliphatic carbocycles. The first-order chi connectivity index (χ1) is 16.1. The normalized spacial score (nSPS) is 23.9. The summed E-state index contributed by atoms with van der Waals surface area (Å²) in [4.78, 5) is 0.400. The van der Waals surface area contributed by atoms with E-state index in [9.17, 15) is 16.8 Å². The Morgan fingerprint density at radius 1 is 0.765 bits per heavy atom. The third-order valence-corrected chi connectivity index (χ3v) is 10.3. The fourth-order valence-electron chi connectivity index (χ4n) is 4.49. The van der Waals surface area contributed by atoms with Gasteiger partial charge in [0.25, 0.3) is 0 Å². The first-order valence-electron chi connectivity index (χ1n) is 11.3. The van der Waals surface area contributed by atoms with Crippen molar-refractivity contribution in [1.29, 1.82) is 0 Å². The zero-order valence-electron chi connectivity index (χ0n) is 19.5. The van der Waals surface area contributed by atoms with Crippen molar-refractivity contribution in [3.63, 3.8) is 0 Å². The molecule has 6 nitrogen and oxygen atoms in total. The van der Waals surface area contributed by atoms with Gasteiger partial charge in [-0.2, -0.15) is 8.61 Å². The van der Waals surface area contributed by atoms with E-state index < -0.39 is 32.1 Å². The Balaban J connectivity index is 1.83. The SMILES string of the molecule is C=C/C1=C/CN(S(=O)(=O)c2ccc(C)cc2)[C@@H]2CC=CC[C@@H]2N(S(=O)(=O)c2ccc(C)cc2)C1. The van der Waals surface area contributed by atoms with Gasteiger partial charge in [0.1, 0.15) is 0 Å². The van der Waals surface area contributed by atoms with Gasteiger partial charge >= 0.3 is 0 Å². The molecular formula is C26H30N2O4S2. The zero-order valence-corrected chi connectivity index (χ0v) is 21.1. The van der Waals surface area contributed by atoms with Gasteiger partial charge in [-0.3, -0.25) is 0 Å². The van der Waals surface area contributed by atoms with Gasteiger partial charge in [0.2, 0.25) is 20.0 Å². The third-order valence-electron chi connectivity index (χ3n) is 6.49. The quantitative estimate of drug-likeness (QED) is 0.579. The van der Waals surface area contributed by atoms with Gasteiger partial charge in [-0.05, 0) is 56.5 Å². The van der Waals surface area contributed by atoms with Crippen LogP contribution in [0.4, 0.5) is 0 Å². The van der Waals surface area contributed by atoms with E-state index in [0.717, 1.165) is 11.1 Å². The van der Waals surface area contributed by atoms with Crippen LogP contribution in [0.5, 0.6) is 0 Å². The Morgan fingerprint density at radius 2 is 1.21 bits per heavy atom. The van der Waals surface area contributed by atoms with Crippen LogP contribution < -0.4 is 0 Å². The summed E-state index contributed by atoms with van der Waals surface area (Å²) in [6.45, 7) is 7.96. The molecule has 180 valence electrons. The maximum absolute atomic E-state index is 13.8. The molecule has 34 heavy (non-hydrogen) atoms. The number of hydrogen-bond donors (Lipinski definition) is 0. The molecule has 2 atom stereocenters. The van der Waals surface area contributed by atoms with Gasteiger partial charge in [0.05, 0.1) is 9.79 Å². The molecule has 0 amide bonds. The van der Waals surface area contributed by atoms with Gasteiger partial charge in [-0.25, -0.2) is 16.8 Å². The molecule has 0 saturated carbocycles. The fourth-order valence-corrected chi connectivity index (χ4v) is 7.75. The summed E-state index contributed by atoms with van der Waals surface area (Å²) < 4.78 is 58.0. The predicted octanol–water partition coefficient (Wildman–Crippen LogP) is 4.20. The molecule has 0 spiro atoms. The Bertz CT molecular complexity index is 1330. The molecule has 0 unspecified atom stereocenters. The van der Waals surface area contributed by atoms with Crippen LogP contribution in [0.1, 0.15) is 24.0 Å². The van der Waals surface area contributed by atoms with Crippen molar-refractivity contribution in [3.8, 4) is 0 Å². The number of aryl methyl sites for hydroxylation is 2. The predicted molar refractivity (Wildman–Crippen MR) is 134 cm³/mol. The molecule has 0 radical (unpaired) electrons. The standard InChI is InChI=1S/C26H30N2O4S2/c1-4-22-17-18-27(33(29,30)23-13-9-20(2)10-14-23)25-7-5-6-8-26(25)28(19-22)34(31,32)24-15-11-21(3)12-16-24/h4-6,9-17,25-26H,1,7-8,18-19H2,2-3H3/b22-17-/t25-,26+/m1/s1. The van der Waals surface area contributed by atoms with Crippen molar-refractivity contribution in [2.45, 2.75) is 48.6 Å². The molecule has 2 aliphatic rings. The van der Waals surface area contributed by atoms with Crippen molar-refractivity contribution >= 4 is 20.0 Å². The second-order valence-electron chi connectivity index (χ2n) is 8.81. The average Bonchev–Trinajstić information content (AvgIpc) is 2.80. The number of nitrogens with zero attached hydrogens (tertiary/aromatic N) is 2. The van der Waals surface area contributed by atoms with Crippen molar-refractivity contribution in [2.24, 2.45) is 0 Å². The number of benzene rings is 2. The molecule has 0 N–H and O–H groups in total. The van der Waals surface area contributed by atoms with Gasteiger partial charge in [-0.1, -0.05) is 66.3 Å². The van der Waals surface area contributed by atoms with E-state index in [4.69, 9.17) is 0 Å². The Hall–Kier alpha value is -2.52. The van der Waals surface area contributed by atoms with Gasteiger partial charge in [-0.15, -0.1) is 0 Å². The summed E-state index contributed by atoms with van der Waals surface area (Å²) >= 11 is 0.